The van der Waals surface area contributed by atoms with Crippen LogP contribution in [0.4, 0.5) is 5.69 Å². The smallest absolute Gasteiger partial charge is 0.0487 e. The maximum atomic E-state index is 3.27. The van der Waals surface area contributed by atoms with Crippen LogP contribution in [-0.4, -0.2) is 4.98 Å². The standard InChI is InChI=1S/C15H15N3/c1-2-6-13(7-3-1)18-17-11-12-10-16-15-9-5-4-8-14(12)15/h1-10,16-18H,11H2. The van der Waals surface area contributed by atoms with Crippen LogP contribution in [0.3, 0.4) is 0 Å². The number of hydrazine groups is 1. The van der Waals surface area contributed by atoms with E-state index in [0.29, 0.717) is 0 Å². The van der Waals surface area contributed by atoms with Gasteiger partial charge >= 0.3 is 0 Å². The van der Waals surface area contributed by atoms with E-state index in [-0.39, 0.29) is 0 Å². The van der Waals surface area contributed by atoms with E-state index in [1.54, 1.807) is 0 Å². The van der Waals surface area contributed by atoms with E-state index in [4.69, 9.17) is 0 Å². The van der Waals surface area contributed by atoms with Crippen LogP contribution in [0.5, 0.6) is 0 Å². The van der Waals surface area contributed by atoms with Crippen LogP contribution >= 0.6 is 0 Å². The van der Waals surface area contributed by atoms with Crippen molar-refractivity contribution in [1.29, 1.82) is 0 Å². The molecule has 3 rings (SSSR count). The lowest BCUT2D eigenvalue weighted by Gasteiger charge is -2.07. The molecule has 3 aromatic rings. The van der Waals surface area contributed by atoms with E-state index in [1.165, 1.54) is 16.5 Å². The van der Waals surface area contributed by atoms with Crippen molar-refractivity contribution in [3.05, 3.63) is 66.4 Å². The average Bonchev–Trinajstić information content (AvgIpc) is 2.84. The van der Waals surface area contributed by atoms with Crippen molar-refractivity contribution >= 4 is 16.6 Å². The number of hydrogen-bond acceptors (Lipinski definition) is 2. The normalized spacial score (nSPS) is 10.7. The predicted octanol–water partition coefficient (Wildman–Crippen LogP) is 3.28. The fourth-order valence-corrected chi connectivity index (χ4v) is 2.04. The first-order chi connectivity index (χ1) is 8.93. The van der Waals surface area contributed by atoms with Crippen molar-refractivity contribution in [1.82, 2.24) is 10.4 Å². The Morgan fingerprint density at radius 2 is 1.67 bits per heavy atom. The highest BCUT2D eigenvalue weighted by atomic mass is 15.3. The molecule has 0 aliphatic heterocycles. The Labute approximate surface area is 106 Å². The first kappa shape index (κ1) is 10.9. The zero-order chi connectivity index (χ0) is 12.2. The van der Waals surface area contributed by atoms with E-state index < -0.39 is 0 Å². The zero-order valence-corrected chi connectivity index (χ0v) is 9.98. The number of anilines is 1. The minimum absolute atomic E-state index is 0.777. The molecule has 0 radical (unpaired) electrons. The molecule has 1 aromatic heterocycles. The van der Waals surface area contributed by atoms with Gasteiger partial charge in [0.1, 0.15) is 0 Å². The highest BCUT2D eigenvalue weighted by molar-refractivity contribution is 5.82. The zero-order valence-electron chi connectivity index (χ0n) is 9.98. The summed E-state index contributed by atoms with van der Waals surface area (Å²) in [6, 6.07) is 18.4. The van der Waals surface area contributed by atoms with Crippen LogP contribution in [0.1, 0.15) is 5.56 Å². The summed E-state index contributed by atoms with van der Waals surface area (Å²) in [6.45, 7) is 0.777. The molecule has 18 heavy (non-hydrogen) atoms. The fraction of sp³-hybridized carbons (Fsp3) is 0.0667. The third kappa shape index (κ3) is 2.21. The number of hydrogen-bond donors (Lipinski definition) is 3. The lowest BCUT2D eigenvalue weighted by Crippen LogP contribution is -2.20. The largest absolute Gasteiger partial charge is 0.361 e. The average molecular weight is 237 g/mol. The SMILES string of the molecule is c1ccc(NNCc2c[nH]c3ccccc23)cc1. The highest BCUT2D eigenvalue weighted by Gasteiger charge is 2.01. The summed E-state index contributed by atoms with van der Waals surface area (Å²) in [6.07, 6.45) is 2.05. The molecule has 0 unspecified atom stereocenters. The maximum absolute atomic E-state index is 3.27. The van der Waals surface area contributed by atoms with Gasteiger partial charge in [0, 0.05) is 29.3 Å². The molecule has 3 N–H and O–H groups in total. The topological polar surface area (TPSA) is 39.8 Å². The number of nitrogens with one attached hydrogen (secondary N) is 3. The number of benzene rings is 2. The minimum Gasteiger partial charge on any atom is -0.361 e. The number of aromatic amines is 1. The van der Waals surface area contributed by atoms with Crippen LogP contribution in [0, 0.1) is 0 Å². The van der Waals surface area contributed by atoms with Gasteiger partial charge in [0.25, 0.3) is 0 Å². The van der Waals surface area contributed by atoms with Crippen LogP contribution < -0.4 is 10.9 Å². The number of rotatable bonds is 4. The molecule has 0 spiro atoms. The van der Waals surface area contributed by atoms with Crippen LogP contribution in [-0.2, 0) is 6.54 Å². The molecule has 90 valence electrons. The molecule has 0 aliphatic rings. The summed E-state index contributed by atoms with van der Waals surface area (Å²) in [5.74, 6) is 0. The van der Waals surface area contributed by atoms with E-state index >= 15 is 0 Å². The van der Waals surface area contributed by atoms with Crippen LogP contribution in [0.2, 0.25) is 0 Å². The van der Waals surface area contributed by atoms with Gasteiger partial charge in [0.2, 0.25) is 0 Å². The van der Waals surface area contributed by atoms with Gasteiger partial charge in [0.05, 0.1) is 0 Å². The number of H-pyrrole nitrogens is 1. The Kier molecular flexibility index (Phi) is 2.98. The molecule has 0 atom stereocenters. The fourth-order valence-electron chi connectivity index (χ4n) is 2.04. The van der Waals surface area contributed by atoms with Crippen molar-refractivity contribution in [3.63, 3.8) is 0 Å². The monoisotopic (exact) mass is 237 g/mol. The second kappa shape index (κ2) is 4.94. The summed E-state index contributed by atoms with van der Waals surface area (Å²) >= 11 is 0. The molecular formula is C15H15N3. The summed E-state index contributed by atoms with van der Waals surface area (Å²) in [5, 5.41) is 1.26. The Hall–Kier alpha value is -2.26. The Morgan fingerprint density at radius 1 is 0.889 bits per heavy atom. The predicted molar refractivity (Wildman–Crippen MR) is 75.2 cm³/mol. The van der Waals surface area contributed by atoms with Gasteiger partial charge < -0.3 is 10.4 Å². The van der Waals surface area contributed by atoms with Gasteiger partial charge in [-0.1, -0.05) is 36.4 Å². The molecule has 3 nitrogen and oxygen atoms in total. The first-order valence-electron chi connectivity index (χ1n) is 6.02. The van der Waals surface area contributed by atoms with E-state index in [2.05, 4.69) is 34.0 Å². The quantitative estimate of drug-likeness (QED) is 0.609. The molecule has 0 saturated carbocycles. The lowest BCUT2D eigenvalue weighted by atomic mass is 10.2. The summed E-state index contributed by atoms with van der Waals surface area (Å²) in [4.78, 5) is 3.27. The molecule has 3 heteroatoms. The third-order valence-corrected chi connectivity index (χ3v) is 2.96. The second-order valence-corrected chi connectivity index (χ2v) is 4.20. The summed E-state index contributed by atoms with van der Waals surface area (Å²) in [5.41, 5.74) is 9.91. The Morgan fingerprint density at radius 3 is 2.56 bits per heavy atom. The van der Waals surface area contributed by atoms with E-state index in [0.717, 1.165) is 12.2 Å². The molecular weight excluding hydrogens is 222 g/mol. The lowest BCUT2D eigenvalue weighted by molar-refractivity contribution is 0.806. The molecule has 0 bridgehead atoms. The van der Waals surface area contributed by atoms with Crippen molar-refractivity contribution in [2.75, 3.05) is 5.43 Å². The van der Waals surface area contributed by atoms with Crippen LogP contribution in [0.25, 0.3) is 10.9 Å². The minimum atomic E-state index is 0.777. The molecule has 0 saturated heterocycles. The van der Waals surface area contributed by atoms with Gasteiger partial charge in [-0.25, -0.2) is 5.43 Å². The second-order valence-electron chi connectivity index (χ2n) is 4.20. The summed E-state index contributed by atoms with van der Waals surface area (Å²) in [7, 11) is 0. The molecule has 0 amide bonds. The number of fused-ring (bicyclic) bond motifs is 1. The molecule has 1 heterocycles. The highest BCUT2D eigenvalue weighted by Crippen LogP contribution is 2.17. The molecule has 0 fully saturated rings. The Bertz CT molecular complexity index is 628. The maximum Gasteiger partial charge on any atom is 0.0487 e. The molecule has 2 aromatic carbocycles. The molecule has 0 aliphatic carbocycles. The third-order valence-electron chi connectivity index (χ3n) is 2.96. The number of aromatic nitrogens is 1. The van der Waals surface area contributed by atoms with Crippen molar-refractivity contribution in [2.24, 2.45) is 0 Å². The van der Waals surface area contributed by atoms with Crippen molar-refractivity contribution in [2.45, 2.75) is 6.54 Å². The van der Waals surface area contributed by atoms with E-state index in [9.17, 15) is 0 Å². The van der Waals surface area contributed by atoms with Gasteiger partial charge in [-0.2, -0.15) is 0 Å². The van der Waals surface area contributed by atoms with Crippen molar-refractivity contribution < 1.29 is 0 Å². The number of para-hydroxylation sites is 2. The van der Waals surface area contributed by atoms with Crippen LogP contribution in [0.15, 0.2) is 60.8 Å². The summed E-state index contributed by atoms with van der Waals surface area (Å²) < 4.78 is 0. The van der Waals surface area contributed by atoms with Gasteiger partial charge in [-0.3, -0.25) is 0 Å². The van der Waals surface area contributed by atoms with E-state index in [1.807, 2.05) is 42.6 Å². The van der Waals surface area contributed by atoms with Gasteiger partial charge in [-0.15, -0.1) is 0 Å². The Balaban J connectivity index is 1.67. The van der Waals surface area contributed by atoms with Gasteiger partial charge in [0.15, 0.2) is 0 Å². The van der Waals surface area contributed by atoms with Crippen molar-refractivity contribution in [3.8, 4) is 0 Å². The van der Waals surface area contributed by atoms with Gasteiger partial charge in [-0.05, 0) is 23.8 Å². The first-order valence-corrected chi connectivity index (χ1v) is 6.02.